The van der Waals surface area contributed by atoms with Gasteiger partial charge in [0.2, 0.25) is 5.75 Å². The smallest absolute Gasteiger partial charge is 0.257 e. The highest BCUT2D eigenvalue weighted by molar-refractivity contribution is 6.14. The number of nitrogens with one attached hydrogen (secondary N) is 1. The fourth-order valence-corrected chi connectivity index (χ4v) is 6.39. The number of fused-ring (bicyclic) bond motifs is 2. The Bertz CT molecular complexity index is 2030. The van der Waals surface area contributed by atoms with Crippen molar-refractivity contribution in [2.45, 2.75) is 33.6 Å². The van der Waals surface area contributed by atoms with Crippen molar-refractivity contribution in [3.63, 3.8) is 0 Å². The van der Waals surface area contributed by atoms with E-state index in [4.69, 9.17) is 19.2 Å². The molecule has 2 aromatic heterocycles. The van der Waals surface area contributed by atoms with E-state index in [2.05, 4.69) is 37.3 Å². The summed E-state index contributed by atoms with van der Waals surface area (Å²) in [5.41, 5.74) is 5.18. The quantitative estimate of drug-likeness (QED) is 0.190. The first kappa shape index (κ1) is 32.7. The van der Waals surface area contributed by atoms with Crippen LogP contribution >= 0.6 is 0 Å². The second-order valence-corrected chi connectivity index (χ2v) is 13.1. The van der Waals surface area contributed by atoms with E-state index in [0.717, 1.165) is 40.3 Å². The maximum atomic E-state index is 14.4. The predicted molar refractivity (Wildman–Crippen MR) is 183 cm³/mol. The summed E-state index contributed by atoms with van der Waals surface area (Å²) in [6, 6.07) is 16.2. The van der Waals surface area contributed by atoms with Gasteiger partial charge in [-0.15, -0.1) is 0 Å². The molecule has 0 spiro atoms. The molecular formula is C38H38F2N4O4. The molecule has 0 saturated heterocycles. The van der Waals surface area contributed by atoms with Gasteiger partial charge in [-0.25, -0.2) is 13.8 Å². The molecule has 0 saturated carbocycles. The number of rotatable bonds is 7. The average Bonchev–Trinajstić information content (AvgIpc) is 3.41. The zero-order chi connectivity index (χ0) is 34.3. The molecule has 1 atom stereocenters. The summed E-state index contributed by atoms with van der Waals surface area (Å²) < 4.78 is 46.2. The number of aryl methyl sites for hydroxylation is 1. The summed E-state index contributed by atoms with van der Waals surface area (Å²) in [5, 5.41) is 8.18. The molecule has 1 aliphatic rings. The highest BCUT2D eigenvalue weighted by Gasteiger charge is 2.35. The van der Waals surface area contributed by atoms with Crippen molar-refractivity contribution in [3.8, 4) is 28.5 Å². The van der Waals surface area contributed by atoms with Crippen LogP contribution in [0.4, 0.5) is 14.6 Å². The zero-order valence-corrected chi connectivity index (χ0v) is 28.1. The third-order valence-corrected chi connectivity index (χ3v) is 8.97. The molecule has 0 aliphatic heterocycles. The Morgan fingerprint density at radius 1 is 0.938 bits per heavy atom. The third-order valence-electron chi connectivity index (χ3n) is 8.97. The number of amides is 1. The van der Waals surface area contributed by atoms with Gasteiger partial charge in [0.05, 0.1) is 43.8 Å². The van der Waals surface area contributed by atoms with Crippen LogP contribution in [0.25, 0.3) is 33.8 Å². The van der Waals surface area contributed by atoms with Gasteiger partial charge in [-0.3, -0.25) is 9.48 Å². The molecule has 1 N–H and O–H groups in total. The summed E-state index contributed by atoms with van der Waals surface area (Å²) in [6.07, 6.45) is 3.47. The predicted octanol–water partition coefficient (Wildman–Crippen LogP) is 8.34. The Kier molecular flexibility index (Phi) is 8.68. The maximum Gasteiger partial charge on any atom is 0.257 e. The van der Waals surface area contributed by atoms with E-state index in [-0.39, 0.29) is 22.8 Å². The van der Waals surface area contributed by atoms with Gasteiger partial charge in [-0.05, 0) is 77.3 Å². The van der Waals surface area contributed by atoms with Crippen molar-refractivity contribution < 1.29 is 27.8 Å². The topological polar surface area (TPSA) is 87.5 Å². The number of halogens is 2. The Labute approximate surface area is 278 Å². The third kappa shape index (κ3) is 6.22. The van der Waals surface area contributed by atoms with Crippen molar-refractivity contribution in [3.05, 3.63) is 94.7 Å². The second kappa shape index (κ2) is 12.7. The number of carbonyl (C=O) groups excluding carboxylic acids is 1. The largest absolute Gasteiger partial charge is 0.493 e. The average molecular weight is 653 g/mol. The molecule has 248 valence electrons. The molecule has 1 amide bonds. The Morgan fingerprint density at radius 3 is 2.23 bits per heavy atom. The van der Waals surface area contributed by atoms with Gasteiger partial charge in [0.25, 0.3) is 5.91 Å². The number of ether oxygens (including phenoxy) is 3. The lowest BCUT2D eigenvalue weighted by atomic mass is 9.69. The van der Waals surface area contributed by atoms with E-state index in [1.165, 1.54) is 16.8 Å². The monoisotopic (exact) mass is 652 g/mol. The molecule has 5 aromatic rings. The number of aromatic nitrogens is 3. The minimum absolute atomic E-state index is 0.0807. The van der Waals surface area contributed by atoms with Crippen LogP contribution in [0, 0.1) is 23.0 Å². The number of benzene rings is 3. The van der Waals surface area contributed by atoms with Crippen LogP contribution in [0.2, 0.25) is 0 Å². The zero-order valence-electron chi connectivity index (χ0n) is 28.1. The number of hydrogen-bond acceptors (Lipinski definition) is 6. The lowest BCUT2D eigenvalue weighted by molar-refractivity contribution is 0.102. The van der Waals surface area contributed by atoms with E-state index in [0.29, 0.717) is 46.3 Å². The van der Waals surface area contributed by atoms with Crippen LogP contribution in [0.3, 0.4) is 0 Å². The second-order valence-electron chi connectivity index (χ2n) is 13.1. The molecule has 1 unspecified atom stereocenters. The Balaban J connectivity index is 1.50. The van der Waals surface area contributed by atoms with Crippen LogP contribution in [-0.4, -0.2) is 42.0 Å². The van der Waals surface area contributed by atoms with E-state index in [1.807, 2.05) is 36.4 Å². The van der Waals surface area contributed by atoms with Crippen molar-refractivity contribution >= 4 is 34.3 Å². The minimum Gasteiger partial charge on any atom is -0.493 e. The number of nitrogens with zero attached hydrogens (tertiary/aromatic N) is 3. The van der Waals surface area contributed by atoms with Crippen LogP contribution in [0.15, 0.2) is 60.7 Å². The van der Waals surface area contributed by atoms with Gasteiger partial charge in [-0.2, -0.15) is 5.10 Å². The molecule has 2 heterocycles. The number of allylic oxidation sites excluding steroid dienone is 1. The molecule has 0 radical (unpaired) electrons. The van der Waals surface area contributed by atoms with Gasteiger partial charge in [-0.1, -0.05) is 39.0 Å². The summed E-state index contributed by atoms with van der Waals surface area (Å²) in [6.45, 7) is 6.63. The maximum absolute atomic E-state index is 14.4. The van der Waals surface area contributed by atoms with Gasteiger partial charge >= 0.3 is 0 Å². The van der Waals surface area contributed by atoms with E-state index >= 15 is 0 Å². The number of pyridine rings is 1. The van der Waals surface area contributed by atoms with Gasteiger partial charge in [0.15, 0.2) is 11.5 Å². The number of carbonyl (C=O) groups is 1. The minimum atomic E-state index is -0.708. The van der Waals surface area contributed by atoms with Gasteiger partial charge < -0.3 is 19.5 Å². The lowest BCUT2D eigenvalue weighted by Gasteiger charge is -2.37. The first-order valence-corrected chi connectivity index (χ1v) is 15.6. The first-order chi connectivity index (χ1) is 22.9. The number of anilines is 1. The SMILES string of the molecule is COc1cc(/C=C2/CC(C(C)(C)C)Cc3c2nc2ccccc2c3C(=O)Nc2cc(-c3cc(F)cc(F)c3)nn2C)cc(OC)c1OC. The van der Waals surface area contributed by atoms with Crippen molar-refractivity contribution in [2.75, 3.05) is 26.6 Å². The van der Waals surface area contributed by atoms with Gasteiger partial charge in [0, 0.05) is 30.1 Å². The summed E-state index contributed by atoms with van der Waals surface area (Å²) >= 11 is 0. The van der Waals surface area contributed by atoms with Crippen LogP contribution in [0.5, 0.6) is 17.2 Å². The molecule has 8 nitrogen and oxygen atoms in total. The van der Waals surface area contributed by atoms with Crippen molar-refractivity contribution in [2.24, 2.45) is 18.4 Å². The Hall–Kier alpha value is -5.25. The van der Waals surface area contributed by atoms with Crippen LogP contribution in [0.1, 0.15) is 54.4 Å². The highest BCUT2D eigenvalue weighted by Crippen LogP contribution is 2.46. The summed E-state index contributed by atoms with van der Waals surface area (Å²) in [5.74, 6) is 0.407. The summed E-state index contributed by atoms with van der Waals surface area (Å²) in [7, 11) is 6.40. The van der Waals surface area contributed by atoms with E-state index < -0.39 is 11.6 Å². The van der Waals surface area contributed by atoms with Gasteiger partial charge in [0.1, 0.15) is 17.5 Å². The Morgan fingerprint density at radius 2 is 1.60 bits per heavy atom. The fraction of sp³-hybridized carbons (Fsp3) is 0.289. The van der Waals surface area contributed by atoms with E-state index in [9.17, 15) is 13.6 Å². The molecule has 10 heteroatoms. The number of para-hydroxylation sites is 1. The molecule has 1 aliphatic carbocycles. The van der Waals surface area contributed by atoms with E-state index in [1.54, 1.807) is 34.4 Å². The van der Waals surface area contributed by atoms with Crippen molar-refractivity contribution in [1.82, 2.24) is 14.8 Å². The standard InChI is InChI=1S/C38H38F2N4O4/c1-38(2,3)24-15-23(12-21-13-31(46-5)36(48-7)32(14-21)47-6)35-28(18-24)34(27-10-8-9-11-29(27)41-35)37(45)42-33-20-30(43-44(33)4)22-16-25(39)19-26(40)17-22/h8-14,16-17,19-20,24H,15,18H2,1-7H3,(H,42,45)/b23-12-. The first-order valence-electron chi connectivity index (χ1n) is 15.6. The molecule has 3 aromatic carbocycles. The van der Waals surface area contributed by atoms with Crippen LogP contribution in [-0.2, 0) is 13.5 Å². The molecule has 0 bridgehead atoms. The normalized spacial score (nSPS) is 15.4. The molecule has 0 fully saturated rings. The molecule has 48 heavy (non-hydrogen) atoms. The van der Waals surface area contributed by atoms with Crippen LogP contribution < -0.4 is 19.5 Å². The lowest BCUT2D eigenvalue weighted by Crippen LogP contribution is -2.29. The molecular weight excluding hydrogens is 614 g/mol. The molecule has 6 rings (SSSR count). The fourth-order valence-electron chi connectivity index (χ4n) is 6.39. The summed E-state index contributed by atoms with van der Waals surface area (Å²) in [4.78, 5) is 19.5. The highest BCUT2D eigenvalue weighted by atomic mass is 19.1. The number of methoxy groups -OCH3 is 3. The number of hydrogen-bond donors (Lipinski definition) is 1. The van der Waals surface area contributed by atoms with Crippen molar-refractivity contribution in [1.29, 1.82) is 0 Å².